The van der Waals surface area contributed by atoms with Crippen molar-refractivity contribution in [1.82, 2.24) is 19.8 Å². The Balaban J connectivity index is 1.64. The maximum atomic E-state index is 12.7. The zero-order chi connectivity index (χ0) is 18.5. The summed E-state index contributed by atoms with van der Waals surface area (Å²) in [6.07, 6.45) is 7.52. The number of benzene rings is 1. The largest absolute Gasteiger partial charge is 0.355 e. The standard InChI is InChI=1S/C18H22ClN5O2/c1-20-17(25)14-4-5-15(19)16(9-14)22-18(26)24-7-2-3-13(11-24)10-23-8-6-21-12-23/h4-6,8-9,12-13H,2-3,7,10-11H2,1H3,(H,20,25)(H,22,26). The zero-order valence-electron chi connectivity index (χ0n) is 14.6. The number of piperidine rings is 1. The van der Waals surface area contributed by atoms with Gasteiger partial charge in [-0.1, -0.05) is 11.6 Å². The van der Waals surface area contributed by atoms with Gasteiger partial charge in [0.05, 0.1) is 17.0 Å². The number of halogens is 1. The SMILES string of the molecule is CNC(=O)c1ccc(Cl)c(NC(=O)N2CCCC(Cn3ccnc3)C2)c1. The second-order valence-electron chi connectivity index (χ2n) is 6.42. The number of imidazole rings is 1. The molecule has 1 saturated heterocycles. The molecular formula is C18H22ClN5O2. The van der Waals surface area contributed by atoms with Crippen molar-refractivity contribution in [2.75, 3.05) is 25.5 Å². The van der Waals surface area contributed by atoms with E-state index in [1.165, 1.54) is 0 Å². The highest BCUT2D eigenvalue weighted by Gasteiger charge is 2.24. The van der Waals surface area contributed by atoms with E-state index in [0.717, 1.165) is 19.4 Å². The Labute approximate surface area is 157 Å². The molecule has 1 fully saturated rings. The van der Waals surface area contributed by atoms with E-state index in [1.54, 1.807) is 42.7 Å². The number of rotatable bonds is 4. The number of aromatic nitrogens is 2. The van der Waals surface area contributed by atoms with E-state index in [1.807, 2.05) is 10.8 Å². The molecule has 26 heavy (non-hydrogen) atoms. The normalized spacial score (nSPS) is 17.0. The lowest BCUT2D eigenvalue weighted by Gasteiger charge is -2.33. The van der Waals surface area contributed by atoms with Crippen LogP contribution in [0.15, 0.2) is 36.9 Å². The smallest absolute Gasteiger partial charge is 0.321 e. The van der Waals surface area contributed by atoms with Crippen LogP contribution >= 0.6 is 11.6 Å². The number of anilines is 1. The molecule has 0 bridgehead atoms. The Hall–Kier alpha value is -2.54. The predicted molar refractivity (Wildman–Crippen MR) is 100 cm³/mol. The average Bonchev–Trinajstić information content (AvgIpc) is 3.16. The summed E-state index contributed by atoms with van der Waals surface area (Å²) in [6.45, 7) is 2.23. The summed E-state index contributed by atoms with van der Waals surface area (Å²) >= 11 is 6.18. The Morgan fingerprint density at radius 3 is 2.96 bits per heavy atom. The lowest BCUT2D eigenvalue weighted by Crippen LogP contribution is -2.43. The minimum Gasteiger partial charge on any atom is -0.355 e. The number of carbonyl (C=O) groups is 2. The molecule has 0 aliphatic carbocycles. The summed E-state index contributed by atoms with van der Waals surface area (Å²) in [5.74, 6) is 0.159. The maximum Gasteiger partial charge on any atom is 0.321 e. The molecule has 0 spiro atoms. The summed E-state index contributed by atoms with van der Waals surface area (Å²) in [4.78, 5) is 30.3. The first-order chi connectivity index (χ1) is 12.6. The van der Waals surface area contributed by atoms with Gasteiger partial charge < -0.3 is 20.1 Å². The Morgan fingerprint density at radius 1 is 1.38 bits per heavy atom. The lowest BCUT2D eigenvalue weighted by molar-refractivity contribution is 0.0963. The monoisotopic (exact) mass is 375 g/mol. The number of likely N-dealkylation sites (tertiary alicyclic amines) is 1. The summed E-state index contributed by atoms with van der Waals surface area (Å²) in [5, 5.41) is 5.79. The molecule has 2 aromatic rings. The van der Waals surface area contributed by atoms with E-state index >= 15 is 0 Å². The number of nitrogens with one attached hydrogen (secondary N) is 2. The van der Waals surface area contributed by atoms with Gasteiger partial charge in [-0.25, -0.2) is 9.78 Å². The van der Waals surface area contributed by atoms with E-state index in [9.17, 15) is 9.59 Å². The van der Waals surface area contributed by atoms with Gasteiger partial charge in [-0.2, -0.15) is 0 Å². The maximum absolute atomic E-state index is 12.7. The fraction of sp³-hybridized carbons (Fsp3) is 0.389. The molecule has 1 aromatic heterocycles. The third-order valence-corrected chi connectivity index (χ3v) is 4.86. The van der Waals surface area contributed by atoms with Gasteiger partial charge in [0.2, 0.25) is 0 Å². The van der Waals surface area contributed by atoms with Crippen LogP contribution in [0.5, 0.6) is 0 Å². The van der Waals surface area contributed by atoms with Crippen LogP contribution < -0.4 is 10.6 Å². The second-order valence-corrected chi connectivity index (χ2v) is 6.82. The Kier molecular flexibility index (Phi) is 5.78. The molecule has 1 aliphatic heterocycles. The van der Waals surface area contributed by atoms with Gasteiger partial charge >= 0.3 is 6.03 Å². The molecule has 0 radical (unpaired) electrons. The van der Waals surface area contributed by atoms with Gasteiger partial charge in [0, 0.05) is 44.6 Å². The molecule has 138 valence electrons. The van der Waals surface area contributed by atoms with Crippen molar-refractivity contribution in [3.8, 4) is 0 Å². The van der Waals surface area contributed by atoms with Gasteiger partial charge in [-0.15, -0.1) is 0 Å². The van der Waals surface area contributed by atoms with Crippen molar-refractivity contribution >= 4 is 29.2 Å². The third kappa shape index (κ3) is 4.35. The van der Waals surface area contributed by atoms with Crippen LogP contribution in [-0.4, -0.2) is 46.5 Å². The van der Waals surface area contributed by atoms with Crippen LogP contribution in [0.2, 0.25) is 5.02 Å². The highest BCUT2D eigenvalue weighted by atomic mass is 35.5. The van der Waals surface area contributed by atoms with Crippen molar-refractivity contribution in [2.45, 2.75) is 19.4 Å². The highest BCUT2D eigenvalue weighted by Crippen LogP contribution is 2.25. The van der Waals surface area contributed by atoms with Gasteiger partial charge in [-0.05, 0) is 37.0 Å². The summed E-state index contributed by atoms with van der Waals surface area (Å²) < 4.78 is 2.04. The fourth-order valence-corrected chi connectivity index (χ4v) is 3.36. The minimum atomic E-state index is -0.226. The van der Waals surface area contributed by atoms with Crippen LogP contribution in [-0.2, 0) is 6.54 Å². The molecule has 0 saturated carbocycles. The second kappa shape index (κ2) is 8.23. The van der Waals surface area contributed by atoms with E-state index in [0.29, 0.717) is 35.3 Å². The number of nitrogens with zero attached hydrogens (tertiary/aromatic N) is 3. The molecule has 2 N–H and O–H groups in total. The number of hydrogen-bond donors (Lipinski definition) is 2. The van der Waals surface area contributed by atoms with Crippen LogP contribution in [0.4, 0.5) is 10.5 Å². The van der Waals surface area contributed by atoms with E-state index < -0.39 is 0 Å². The number of hydrogen-bond acceptors (Lipinski definition) is 3. The van der Waals surface area contributed by atoms with E-state index in [-0.39, 0.29) is 11.9 Å². The fourth-order valence-electron chi connectivity index (χ4n) is 3.19. The summed E-state index contributed by atoms with van der Waals surface area (Å²) in [6, 6.07) is 4.63. The first-order valence-electron chi connectivity index (χ1n) is 8.60. The molecule has 1 aliphatic rings. The van der Waals surface area contributed by atoms with Gasteiger partial charge in [0.25, 0.3) is 5.91 Å². The van der Waals surface area contributed by atoms with Crippen molar-refractivity contribution in [2.24, 2.45) is 5.92 Å². The molecule has 8 heteroatoms. The predicted octanol–water partition coefficient (Wildman–Crippen LogP) is 2.84. The number of carbonyl (C=O) groups excluding carboxylic acids is 2. The minimum absolute atomic E-state index is 0.198. The zero-order valence-corrected chi connectivity index (χ0v) is 15.4. The quantitative estimate of drug-likeness (QED) is 0.862. The first-order valence-corrected chi connectivity index (χ1v) is 8.98. The molecular weight excluding hydrogens is 354 g/mol. The molecule has 1 atom stereocenters. The average molecular weight is 376 g/mol. The topological polar surface area (TPSA) is 79.3 Å². The van der Waals surface area contributed by atoms with Crippen LogP contribution in [0.1, 0.15) is 23.2 Å². The summed E-state index contributed by atoms with van der Waals surface area (Å²) in [7, 11) is 1.56. The lowest BCUT2D eigenvalue weighted by atomic mass is 9.98. The molecule has 7 nitrogen and oxygen atoms in total. The molecule has 3 amide bonds. The van der Waals surface area contributed by atoms with Crippen LogP contribution in [0, 0.1) is 5.92 Å². The Bertz CT molecular complexity index is 778. The molecule has 3 rings (SSSR count). The van der Waals surface area contributed by atoms with Gasteiger partial charge in [0.15, 0.2) is 0 Å². The van der Waals surface area contributed by atoms with Crippen molar-refractivity contribution < 1.29 is 9.59 Å². The Morgan fingerprint density at radius 2 is 2.23 bits per heavy atom. The van der Waals surface area contributed by atoms with Crippen LogP contribution in [0.25, 0.3) is 0 Å². The third-order valence-electron chi connectivity index (χ3n) is 4.53. The highest BCUT2D eigenvalue weighted by molar-refractivity contribution is 6.33. The van der Waals surface area contributed by atoms with Crippen LogP contribution in [0.3, 0.4) is 0 Å². The van der Waals surface area contributed by atoms with Gasteiger partial charge in [0.1, 0.15) is 0 Å². The number of urea groups is 1. The van der Waals surface area contributed by atoms with Crippen molar-refractivity contribution in [3.63, 3.8) is 0 Å². The summed E-state index contributed by atoms with van der Waals surface area (Å²) in [5.41, 5.74) is 0.887. The molecule has 1 unspecified atom stereocenters. The number of amides is 3. The van der Waals surface area contributed by atoms with E-state index in [2.05, 4.69) is 15.6 Å². The van der Waals surface area contributed by atoms with Crippen molar-refractivity contribution in [3.05, 3.63) is 47.5 Å². The van der Waals surface area contributed by atoms with E-state index in [4.69, 9.17) is 11.6 Å². The molecule has 1 aromatic carbocycles. The van der Waals surface area contributed by atoms with Crippen molar-refractivity contribution in [1.29, 1.82) is 0 Å². The van der Waals surface area contributed by atoms with Gasteiger partial charge in [-0.3, -0.25) is 4.79 Å². The molecule has 2 heterocycles. The first kappa shape index (κ1) is 18.3.